The highest BCUT2D eigenvalue weighted by Crippen LogP contribution is 2.50. The second kappa shape index (κ2) is 5.71. The molecule has 0 N–H and O–H groups in total. The lowest BCUT2D eigenvalue weighted by molar-refractivity contribution is 0.0841. The van der Waals surface area contributed by atoms with Gasteiger partial charge in [0.1, 0.15) is 5.00 Å². The Morgan fingerprint density at radius 3 is 2.95 bits per heavy atom. The normalized spacial score (nSPS) is 26.6. The summed E-state index contributed by atoms with van der Waals surface area (Å²) >= 11 is 3.54. The number of aromatic nitrogens is 1. The standard InChI is InChI=1S/C16H20N2OS2/c1-11-17-10-16(21-11)18(12-4-6-19-7-5-12)14-9-13(14)15-3-2-8-20-15/h2-3,8,10,12-14H,4-7,9H2,1H3/t13-,14-/m1/s1/i2D. The number of anilines is 1. The molecule has 1 aliphatic carbocycles. The molecule has 2 atom stereocenters. The molecule has 4 rings (SSSR count). The zero-order valence-corrected chi connectivity index (χ0v) is 13.8. The molecule has 1 aliphatic heterocycles. The largest absolute Gasteiger partial charge is 0.381 e. The van der Waals surface area contributed by atoms with Crippen LogP contribution in [0.4, 0.5) is 5.00 Å². The quantitative estimate of drug-likeness (QED) is 0.849. The van der Waals surface area contributed by atoms with Gasteiger partial charge in [-0.25, -0.2) is 4.98 Å². The van der Waals surface area contributed by atoms with Gasteiger partial charge in [0.2, 0.25) is 0 Å². The van der Waals surface area contributed by atoms with Gasteiger partial charge in [0.25, 0.3) is 0 Å². The molecule has 0 unspecified atom stereocenters. The summed E-state index contributed by atoms with van der Waals surface area (Å²) in [7, 11) is 0. The molecule has 2 aliphatic rings. The Labute approximate surface area is 135 Å². The van der Waals surface area contributed by atoms with Crippen LogP contribution < -0.4 is 4.90 Å². The molecule has 2 aromatic rings. The maximum Gasteiger partial charge on any atom is 0.112 e. The predicted molar refractivity (Wildman–Crippen MR) is 88.6 cm³/mol. The molecule has 1 saturated heterocycles. The van der Waals surface area contributed by atoms with Gasteiger partial charge in [0.05, 0.1) is 12.6 Å². The van der Waals surface area contributed by atoms with E-state index in [1.165, 1.54) is 16.3 Å². The molecule has 2 fully saturated rings. The first-order chi connectivity index (χ1) is 10.7. The fourth-order valence-electron chi connectivity index (χ4n) is 3.29. The number of rotatable bonds is 4. The van der Waals surface area contributed by atoms with Gasteiger partial charge in [-0.15, -0.1) is 22.7 Å². The van der Waals surface area contributed by atoms with Crippen molar-refractivity contribution in [2.75, 3.05) is 18.1 Å². The van der Waals surface area contributed by atoms with E-state index in [1.807, 2.05) is 17.6 Å². The van der Waals surface area contributed by atoms with Crippen molar-refractivity contribution in [2.45, 2.75) is 44.2 Å². The molecule has 21 heavy (non-hydrogen) atoms. The van der Waals surface area contributed by atoms with Gasteiger partial charge in [-0.3, -0.25) is 0 Å². The summed E-state index contributed by atoms with van der Waals surface area (Å²) in [6.07, 6.45) is 5.45. The van der Waals surface area contributed by atoms with E-state index in [9.17, 15) is 0 Å². The molecule has 3 nitrogen and oxygen atoms in total. The van der Waals surface area contributed by atoms with Gasteiger partial charge in [-0.05, 0) is 37.6 Å². The maximum absolute atomic E-state index is 7.75. The van der Waals surface area contributed by atoms with Crippen molar-refractivity contribution >= 4 is 27.7 Å². The van der Waals surface area contributed by atoms with E-state index in [-0.39, 0.29) is 0 Å². The minimum atomic E-state index is 0.569. The smallest absolute Gasteiger partial charge is 0.112 e. The Balaban J connectivity index is 1.58. The highest BCUT2D eigenvalue weighted by molar-refractivity contribution is 7.15. The van der Waals surface area contributed by atoms with E-state index in [0.29, 0.717) is 24.0 Å². The molecular formula is C16H20N2OS2. The molecular weight excluding hydrogens is 300 g/mol. The third-order valence-electron chi connectivity index (χ3n) is 4.42. The Kier molecular flexibility index (Phi) is 3.43. The minimum absolute atomic E-state index is 0.569. The number of aryl methyl sites for hydroxylation is 1. The van der Waals surface area contributed by atoms with Gasteiger partial charge in [0, 0.05) is 36.1 Å². The highest BCUT2D eigenvalue weighted by Gasteiger charge is 2.46. The number of ether oxygens (including phenoxy) is 1. The summed E-state index contributed by atoms with van der Waals surface area (Å²) in [5, 5.41) is 4.38. The molecule has 0 radical (unpaired) electrons. The van der Waals surface area contributed by atoms with Gasteiger partial charge < -0.3 is 9.64 Å². The Hall–Kier alpha value is -0.910. The van der Waals surface area contributed by atoms with E-state index in [0.717, 1.165) is 31.1 Å². The van der Waals surface area contributed by atoms with Crippen molar-refractivity contribution in [1.29, 1.82) is 0 Å². The molecule has 5 heteroatoms. The van der Waals surface area contributed by atoms with Crippen LogP contribution in [-0.2, 0) is 4.74 Å². The van der Waals surface area contributed by atoms with E-state index in [2.05, 4.69) is 16.8 Å². The zero-order valence-electron chi connectivity index (χ0n) is 13.1. The molecule has 0 aromatic carbocycles. The van der Waals surface area contributed by atoms with Crippen molar-refractivity contribution in [1.82, 2.24) is 4.98 Å². The van der Waals surface area contributed by atoms with Crippen LogP contribution in [0.3, 0.4) is 0 Å². The van der Waals surface area contributed by atoms with Crippen LogP contribution in [0.1, 0.15) is 36.4 Å². The van der Waals surface area contributed by atoms with Gasteiger partial charge in [-0.1, -0.05) is 6.04 Å². The van der Waals surface area contributed by atoms with Crippen LogP contribution in [0.15, 0.2) is 23.7 Å². The maximum atomic E-state index is 7.75. The molecule has 0 spiro atoms. The van der Waals surface area contributed by atoms with Gasteiger partial charge in [-0.2, -0.15) is 0 Å². The second-order valence-electron chi connectivity index (χ2n) is 5.83. The number of hydrogen-bond donors (Lipinski definition) is 0. The molecule has 1 saturated carbocycles. The summed E-state index contributed by atoms with van der Waals surface area (Å²) in [6, 6.07) is 3.83. The van der Waals surface area contributed by atoms with Crippen molar-refractivity contribution in [3.05, 3.63) is 33.6 Å². The van der Waals surface area contributed by atoms with Crippen LogP contribution in [0.5, 0.6) is 0 Å². The third kappa shape index (κ3) is 2.74. The van der Waals surface area contributed by atoms with Crippen LogP contribution in [0, 0.1) is 6.92 Å². The first-order valence-electron chi connectivity index (χ1n) is 8.06. The lowest BCUT2D eigenvalue weighted by Crippen LogP contribution is -2.41. The lowest BCUT2D eigenvalue weighted by atomic mass is 10.1. The van der Waals surface area contributed by atoms with E-state index in [1.54, 1.807) is 22.7 Å². The fraction of sp³-hybridized carbons (Fsp3) is 0.562. The summed E-state index contributed by atoms with van der Waals surface area (Å²) in [5.74, 6) is 0.592. The Bertz CT molecular complexity index is 650. The summed E-state index contributed by atoms with van der Waals surface area (Å²) < 4.78 is 13.3. The zero-order chi connectivity index (χ0) is 15.1. The number of thiazole rings is 1. The molecule has 0 bridgehead atoms. The first kappa shape index (κ1) is 12.6. The monoisotopic (exact) mass is 321 g/mol. The van der Waals surface area contributed by atoms with Crippen molar-refractivity contribution < 1.29 is 6.11 Å². The number of thiophene rings is 1. The molecule has 112 valence electrons. The molecule has 0 amide bonds. The average Bonchev–Trinajstić information content (AvgIpc) is 2.97. The SMILES string of the molecule is [2H]c1csc([C@@H]2C[C@H]2N(c2cnc(C)s2)C2CCOCC2)c1. The number of hydrogen-bond acceptors (Lipinski definition) is 5. The summed E-state index contributed by atoms with van der Waals surface area (Å²) in [4.78, 5) is 8.44. The Morgan fingerprint density at radius 2 is 2.29 bits per heavy atom. The van der Waals surface area contributed by atoms with Gasteiger partial charge >= 0.3 is 0 Å². The fourth-order valence-corrected chi connectivity index (χ4v) is 5.03. The van der Waals surface area contributed by atoms with Crippen LogP contribution in [-0.4, -0.2) is 30.3 Å². The van der Waals surface area contributed by atoms with Crippen molar-refractivity contribution in [3.8, 4) is 0 Å². The lowest BCUT2D eigenvalue weighted by Gasteiger charge is -2.35. The summed E-state index contributed by atoms with van der Waals surface area (Å²) in [6.45, 7) is 3.81. The average molecular weight is 321 g/mol. The molecule has 2 aromatic heterocycles. The van der Waals surface area contributed by atoms with Crippen molar-refractivity contribution in [3.63, 3.8) is 0 Å². The van der Waals surface area contributed by atoms with Crippen molar-refractivity contribution in [2.24, 2.45) is 0 Å². The van der Waals surface area contributed by atoms with Crippen LogP contribution in [0.25, 0.3) is 0 Å². The van der Waals surface area contributed by atoms with Crippen LogP contribution >= 0.6 is 22.7 Å². The minimum Gasteiger partial charge on any atom is -0.381 e. The second-order valence-corrected chi connectivity index (χ2v) is 7.98. The van der Waals surface area contributed by atoms with E-state index in [4.69, 9.17) is 6.11 Å². The first-order valence-corrected chi connectivity index (χ1v) is 9.25. The number of nitrogens with zero attached hydrogens (tertiary/aromatic N) is 2. The Morgan fingerprint density at radius 1 is 1.43 bits per heavy atom. The van der Waals surface area contributed by atoms with Gasteiger partial charge in [0.15, 0.2) is 0 Å². The third-order valence-corrected chi connectivity index (χ3v) is 6.29. The highest BCUT2D eigenvalue weighted by atomic mass is 32.1. The topological polar surface area (TPSA) is 25.4 Å². The van der Waals surface area contributed by atoms with E-state index < -0.39 is 0 Å². The van der Waals surface area contributed by atoms with E-state index >= 15 is 0 Å². The predicted octanol–water partition coefficient (Wildman–Crippen LogP) is 4.05. The summed E-state index contributed by atoms with van der Waals surface area (Å²) in [5.41, 5.74) is 0. The molecule has 3 heterocycles. The van der Waals surface area contributed by atoms with Crippen LogP contribution in [0.2, 0.25) is 0 Å².